The smallest absolute Gasteiger partial charge is 0.328 e. The van der Waals surface area contributed by atoms with Crippen LogP contribution in [0, 0.1) is 0 Å². The molecule has 2 atom stereocenters. The molecule has 102 valence electrons. The van der Waals surface area contributed by atoms with E-state index in [1.165, 1.54) is 17.4 Å². The molecule has 0 saturated heterocycles. The summed E-state index contributed by atoms with van der Waals surface area (Å²) in [5.74, 6) is 0.307. The van der Waals surface area contributed by atoms with Crippen LogP contribution in [0.4, 0.5) is 13.2 Å². The number of benzene rings is 1. The van der Waals surface area contributed by atoms with Crippen LogP contribution in [0.2, 0.25) is 0 Å². The Bertz CT molecular complexity index is 605. The minimum absolute atomic E-state index is 0.197. The van der Waals surface area contributed by atoms with Crippen molar-refractivity contribution in [2.24, 2.45) is 5.73 Å². The van der Waals surface area contributed by atoms with Crippen molar-refractivity contribution in [3.63, 3.8) is 0 Å². The summed E-state index contributed by atoms with van der Waals surface area (Å²) in [6.07, 6.45) is -1.48. The normalized spacial score (nSPS) is 24.2. The average Bonchev–Trinajstić information content (AvgIpc) is 2.92. The summed E-state index contributed by atoms with van der Waals surface area (Å²) in [6.45, 7) is 0. The van der Waals surface area contributed by atoms with Crippen molar-refractivity contribution in [3.8, 4) is 0 Å². The summed E-state index contributed by atoms with van der Waals surface area (Å²) in [5, 5.41) is 0.919. The minimum atomic E-state index is -4.31. The fourth-order valence-electron chi connectivity index (χ4n) is 2.54. The number of rotatable bonds is 1. The number of hydrogen-bond donors (Lipinski definition) is 1. The zero-order chi connectivity index (χ0) is 13.6. The molecule has 1 aliphatic rings. The molecular formula is C13H13F3N2S. The Labute approximate surface area is 112 Å². The van der Waals surface area contributed by atoms with E-state index in [2.05, 4.69) is 4.98 Å². The van der Waals surface area contributed by atoms with Gasteiger partial charge in [-0.05, 0) is 37.5 Å². The van der Waals surface area contributed by atoms with Gasteiger partial charge < -0.3 is 5.73 Å². The summed E-state index contributed by atoms with van der Waals surface area (Å²) in [4.78, 5) is 4.37. The standard InChI is InChI=1S/C13H13F3N2S/c14-13(15,16)8-2-4-11-10(6-8)18-12(19-11)7-1-3-9(17)5-7/h2,4,6-7,9H,1,3,5,17H2/t7-,9+/m1/s1. The molecule has 1 aromatic carbocycles. The minimum Gasteiger partial charge on any atom is -0.328 e. The van der Waals surface area contributed by atoms with Gasteiger partial charge in [0, 0.05) is 12.0 Å². The number of halogens is 3. The second-order valence-electron chi connectivity index (χ2n) is 5.00. The third-order valence-corrected chi connectivity index (χ3v) is 4.75. The highest BCUT2D eigenvalue weighted by Gasteiger charge is 2.31. The molecule has 3 rings (SSSR count). The SMILES string of the molecule is N[C@H]1CC[C@@H](c2nc3cc(C(F)(F)F)ccc3s2)C1. The monoisotopic (exact) mass is 286 g/mol. The van der Waals surface area contributed by atoms with Gasteiger partial charge in [0.2, 0.25) is 0 Å². The number of thiazole rings is 1. The van der Waals surface area contributed by atoms with Crippen molar-refractivity contribution in [2.75, 3.05) is 0 Å². The molecule has 0 spiro atoms. The van der Waals surface area contributed by atoms with Crippen molar-refractivity contribution < 1.29 is 13.2 Å². The fourth-order valence-corrected chi connectivity index (χ4v) is 3.63. The van der Waals surface area contributed by atoms with E-state index in [4.69, 9.17) is 5.73 Å². The highest BCUT2D eigenvalue weighted by atomic mass is 32.1. The van der Waals surface area contributed by atoms with Gasteiger partial charge in [-0.1, -0.05) is 0 Å². The average molecular weight is 286 g/mol. The van der Waals surface area contributed by atoms with Crippen molar-refractivity contribution in [3.05, 3.63) is 28.8 Å². The van der Waals surface area contributed by atoms with Gasteiger partial charge in [-0.2, -0.15) is 13.2 Å². The molecule has 1 fully saturated rings. The van der Waals surface area contributed by atoms with Crippen LogP contribution in [0.5, 0.6) is 0 Å². The van der Waals surface area contributed by atoms with E-state index in [1.807, 2.05) is 0 Å². The largest absolute Gasteiger partial charge is 0.416 e. The molecular weight excluding hydrogens is 273 g/mol. The number of aromatic nitrogens is 1. The third kappa shape index (κ3) is 2.47. The Morgan fingerprint density at radius 3 is 2.68 bits per heavy atom. The quantitative estimate of drug-likeness (QED) is 0.863. The summed E-state index contributed by atoms with van der Waals surface area (Å²) >= 11 is 1.48. The van der Waals surface area contributed by atoms with E-state index in [0.717, 1.165) is 41.1 Å². The van der Waals surface area contributed by atoms with Crippen LogP contribution < -0.4 is 5.73 Å². The molecule has 2 nitrogen and oxygen atoms in total. The first kappa shape index (κ1) is 12.9. The lowest BCUT2D eigenvalue weighted by atomic mass is 10.1. The van der Waals surface area contributed by atoms with E-state index >= 15 is 0 Å². The Hall–Kier alpha value is -1.14. The van der Waals surface area contributed by atoms with Crippen LogP contribution in [0.3, 0.4) is 0 Å². The topological polar surface area (TPSA) is 38.9 Å². The summed E-state index contributed by atoms with van der Waals surface area (Å²) in [6, 6.07) is 3.95. The Balaban J connectivity index is 1.97. The molecule has 0 bridgehead atoms. The van der Waals surface area contributed by atoms with Crippen LogP contribution in [0.25, 0.3) is 10.2 Å². The lowest BCUT2D eigenvalue weighted by Crippen LogP contribution is -2.14. The van der Waals surface area contributed by atoms with Crippen molar-refractivity contribution in [1.82, 2.24) is 4.98 Å². The highest BCUT2D eigenvalue weighted by Crippen LogP contribution is 2.39. The lowest BCUT2D eigenvalue weighted by Gasteiger charge is -2.05. The summed E-state index contributed by atoms with van der Waals surface area (Å²) in [7, 11) is 0. The number of nitrogens with two attached hydrogens (primary N) is 1. The maximum atomic E-state index is 12.6. The van der Waals surface area contributed by atoms with Crippen LogP contribution in [-0.4, -0.2) is 11.0 Å². The number of fused-ring (bicyclic) bond motifs is 1. The van der Waals surface area contributed by atoms with E-state index in [9.17, 15) is 13.2 Å². The molecule has 19 heavy (non-hydrogen) atoms. The van der Waals surface area contributed by atoms with E-state index in [-0.39, 0.29) is 6.04 Å². The van der Waals surface area contributed by atoms with Gasteiger partial charge in [0.25, 0.3) is 0 Å². The van der Waals surface area contributed by atoms with Gasteiger partial charge in [-0.25, -0.2) is 4.98 Å². The predicted molar refractivity (Wildman–Crippen MR) is 69.2 cm³/mol. The molecule has 0 amide bonds. The van der Waals surface area contributed by atoms with Gasteiger partial charge in [-0.3, -0.25) is 0 Å². The van der Waals surface area contributed by atoms with Crippen molar-refractivity contribution in [2.45, 2.75) is 37.4 Å². The zero-order valence-corrected chi connectivity index (χ0v) is 10.9. The molecule has 0 radical (unpaired) electrons. The Morgan fingerprint density at radius 2 is 2.05 bits per heavy atom. The maximum Gasteiger partial charge on any atom is 0.416 e. The van der Waals surface area contributed by atoms with Crippen LogP contribution in [0.15, 0.2) is 18.2 Å². The molecule has 2 aromatic rings. The molecule has 1 saturated carbocycles. The maximum absolute atomic E-state index is 12.6. The van der Waals surface area contributed by atoms with Gasteiger partial charge in [0.1, 0.15) is 0 Å². The number of alkyl halides is 3. The van der Waals surface area contributed by atoms with Crippen LogP contribution in [0.1, 0.15) is 35.8 Å². The zero-order valence-electron chi connectivity index (χ0n) is 10.1. The molecule has 0 unspecified atom stereocenters. The van der Waals surface area contributed by atoms with Gasteiger partial charge in [0.15, 0.2) is 0 Å². The van der Waals surface area contributed by atoms with Crippen molar-refractivity contribution >= 4 is 21.6 Å². The first-order valence-electron chi connectivity index (χ1n) is 6.17. The molecule has 1 aromatic heterocycles. The van der Waals surface area contributed by atoms with E-state index < -0.39 is 11.7 Å². The Morgan fingerprint density at radius 1 is 1.26 bits per heavy atom. The number of nitrogens with zero attached hydrogens (tertiary/aromatic N) is 1. The number of hydrogen-bond acceptors (Lipinski definition) is 3. The first-order valence-corrected chi connectivity index (χ1v) is 6.98. The second-order valence-corrected chi connectivity index (χ2v) is 6.06. The van der Waals surface area contributed by atoms with Gasteiger partial charge in [-0.15, -0.1) is 11.3 Å². The van der Waals surface area contributed by atoms with Gasteiger partial charge in [0.05, 0.1) is 20.8 Å². The van der Waals surface area contributed by atoms with Crippen LogP contribution >= 0.6 is 11.3 Å². The van der Waals surface area contributed by atoms with E-state index in [1.54, 1.807) is 0 Å². The molecule has 2 N–H and O–H groups in total. The van der Waals surface area contributed by atoms with Crippen molar-refractivity contribution in [1.29, 1.82) is 0 Å². The second kappa shape index (κ2) is 4.45. The van der Waals surface area contributed by atoms with E-state index in [0.29, 0.717) is 11.4 Å². The predicted octanol–water partition coefficient (Wildman–Crippen LogP) is 3.91. The third-order valence-electron chi connectivity index (χ3n) is 3.55. The summed E-state index contributed by atoms with van der Waals surface area (Å²) in [5.41, 5.74) is 5.67. The van der Waals surface area contributed by atoms with Gasteiger partial charge >= 0.3 is 6.18 Å². The van der Waals surface area contributed by atoms with Crippen LogP contribution in [-0.2, 0) is 6.18 Å². The molecule has 0 aliphatic heterocycles. The molecule has 1 heterocycles. The fraction of sp³-hybridized carbons (Fsp3) is 0.462. The molecule has 6 heteroatoms. The Kier molecular flexibility index (Phi) is 3.02. The molecule has 1 aliphatic carbocycles. The lowest BCUT2D eigenvalue weighted by molar-refractivity contribution is -0.137. The highest BCUT2D eigenvalue weighted by molar-refractivity contribution is 7.18. The summed E-state index contributed by atoms with van der Waals surface area (Å²) < 4.78 is 38.7. The first-order chi connectivity index (χ1) is 8.93.